The minimum Gasteiger partial charge on any atom is -0.472 e. The third-order valence-electron chi connectivity index (χ3n) is 4.31. The van der Waals surface area contributed by atoms with E-state index in [0.717, 1.165) is 28.2 Å². The number of aliphatic hydroxyl groups excluding tert-OH is 1. The quantitative estimate of drug-likeness (QED) is 0.599. The van der Waals surface area contributed by atoms with Gasteiger partial charge in [-0.15, -0.1) is 0 Å². The standard InChI is InChI=1S/C19H17N3O3/c1-19(24,12-23)15-2-3-18-21-9-17(22(18)10-15)13-4-6-20-16(8-13)14-5-7-25-11-14/h2-11,23-24H,12H2,1H3. The SMILES string of the molecule is CC(O)(CO)c1ccc2ncc(-c3ccnc(-c4ccoc4)c3)n2c1. The maximum absolute atomic E-state index is 10.3. The van der Waals surface area contributed by atoms with Crippen LogP contribution in [0.25, 0.3) is 28.2 Å². The molecule has 0 aliphatic rings. The fourth-order valence-electron chi connectivity index (χ4n) is 2.76. The van der Waals surface area contributed by atoms with E-state index in [1.54, 1.807) is 44.1 Å². The second-order valence-electron chi connectivity index (χ2n) is 6.16. The molecule has 0 radical (unpaired) electrons. The zero-order valence-corrected chi connectivity index (χ0v) is 13.6. The highest BCUT2D eigenvalue weighted by atomic mass is 16.3. The summed E-state index contributed by atoms with van der Waals surface area (Å²) in [6, 6.07) is 9.32. The Bertz CT molecular complexity index is 1020. The molecule has 1 unspecified atom stereocenters. The van der Waals surface area contributed by atoms with Crippen molar-refractivity contribution in [3.8, 4) is 22.5 Å². The lowest BCUT2D eigenvalue weighted by atomic mass is 9.99. The van der Waals surface area contributed by atoms with E-state index in [-0.39, 0.29) is 6.61 Å². The van der Waals surface area contributed by atoms with Crippen molar-refractivity contribution in [3.05, 3.63) is 67.0 Å². The fraction of sp³-hybridized carbons (Fsp3) is 0.158. The smallest absolute Gasteiger partial charge is 0.137 e. The van der Waals surface area contributed by atoms with Gasteiger partial charge in [0.05, 0.1) is 36.7 Å². The van der Waals surface area contributed by atoms with Crippen molar-refractivity contribution < 1.29 is 14.6 Å². The maximum Gasteiger partial charge on any atom is 0.137 e. The third kappa shape index (κ3) is 2.71. The van der Waals surface area contributed by atoms with Gasteiger partial charge in [0.15, 0.2) is 0 Å². The average molecular weight is 335 g/mol. The van der Waals surface area contributed by atoms with Crippen LogP contribution in [0.4, 0.5) is 0 Å². The molecule has 25 heavy (non-hydrogen) atoms. The van der Waals surface area contributed by atoms with Gasteiger partial charge in [0, 0.05) is 29.1 Å². The summed E-state index contributed by atoms with van der Waals surface area (Å²) < 4.78 is 7.02. The number of hydrogen-bond donors (Lipinski definition) is 2. The van der Waals surface area contributed by atoms with Crippen LogP contribution in [0, 0.1) is 0 Å². The molecule has 2 N–H and O–H groups in total. The largest absolute Gasteiger partial charge is 0.472 e. The second-order valence-corrected chi connectivity index (χ2v) is 6.16. The van der Waals surface area contributed by atoms with Gasteiger partial charge in [-0.2, -0.15) is 0 Å². The van der Waals surface area contributed by atoms with E-state index in [2.05, 4.69) is 9.97 Å². The van der Waals surface area contributed by atoms with Crippen LogP contribution >= 0.6 is 0 Å². The lowest BCUT2D eigenvalue weighted by Crippen LogP contribution is -2.26. The topological polar surface area (TPSA) is 83.8 Å². The van der Waals surface area contributed by atoms with Crippen LogP contribution in [0.3, 0.4) is 0 Å². The Morgan fingerprint density at radius 3 is 2.80 bits per heavy atom. The Labute approximate surface area is 144 Å². The summed E-state index contributed by atoms with van der Waals surface area (Å²) in [5.74, 6) is 0. The monoisotopic (exact) mass is 335 g/mol. The molecular weight excluding hydrogens is 318 g/mol. The normalized spacial score (nSPS) is 13.9. The minimum atomic E-state index is -1.31. The van der Waals surface area contributed by atoms with Crippen LogP contribution in [-0.4, -0.2) is 31.2 Å². The summed E-state index contributed by atoms with van der Waals surface area (Å²) >= 11 is 0. The van der Waals surface area contributed by atoms with E-state index in [1.165, 1.54) is 0 Å². The van der Waals surface area contributed by atoms with Gasteiger partial charge in [0.1, 0.15) is 11.2 Å². The van der Waals surface area contributed by atoms with E-state index in [9.17, 15) is 10.2 Å². The van der Waals surface area contributed by atoms with Crippen molar-refractivity contribution in [2.45, 2.75) is 12.5 Å². The second kappa shape index (κ2) is 5.84. The van der Waals surface area contributed by atoms with Crippen LogP contribution in [0.5, 0.6) is 0 Å². The van der Waals surface area contributed by atoms with Crippen molar-refractivity contribution in [1.29, 1.82) is 0 Å². The molecule has 0 spiro atoms. The molecule has 0 bridgehead atoms. The molecule has 0 amide bonds. The number of pyridine rings is 2. The number of aliphatic hydroxyl groups is 2. The van der Waals surface area contributed by atoms with Gasteiger partial charge in [-0.25, -0.2) is 4.98 Å². The molecule has 6 heteroatoms. The van der Waals surface area contributed by atoms with Gasteiger partial charge >= 0.3 is 0 Å². The summed E-state index contributed by atoms with van der Waals surface area (Å²) in [4.78, 5) is 8.80. The third-order valence-corrected chi connectivity index (χ3v) is 4.31. The Balaban J connectivity index is 1.84. The van der Waals surface area contributed by atoms with Crippen LogP contribution < -0.4 is 0 Å². The van der Waals surface area contributed by atoms with Crippen LogP contribution in [0.1, 0.15) is 12.5 Å². The number of imidazole rings is 1. The molecule has 0 aromatic carbocycles. The van der Waals surface area contributed by atoms with Crippen molar-refractivity contribution in [3.63, 3.8) is 0 Å². The summed E-state index contributed by atoms with van der Waals surface area (Å²) in [5, 5.41) is 19.7. The van der Waals surface area contributed by atoms with E-state index in [0.29, 0.717) is 5.56 Å². The van der Waals surface area contributed by atoms with Gasteiger partial charge in [-0.3, -0.25) is 9.38 Å². The van der Waals surface area contributed by atoms with Crippen LogP contribution in [-0.2, 0) is 5.60 Å². The zero-order chi connectivity index (χ0) is 17.4. The number of fused-ring (bicyclic) bond motifs is 1. The first-order chi connectivity index (χ1) is 12.1. The lowest BCUT2D eigenvalue weighted by molar-refractivity contribution is -0.00259. The number of rotatable bonds is 4. The minimum absolute atomic E-state index is 0.359. The van der Waals surface area contributed by atoms with Gasteiger partial charge in [-0.1, -0.05) is 6.07 Å². The van der Waals surface area contributed by atoms with Gasteiger partial charge in [-0.05, 0) is 31.2 Å². The summed E-state index contributed by atoms with van der Waals surface area (Å²) in [7, 11) is 0. The molecule has 6 nitrogen and oxygen atoms in total. The molecule has 4 aromatic heterocycles. The summed E-state index contributed by atoms with van der Waals surface area (Å²) in [6.07, 6.45) is 8.58. The van der Waals surface area contributed by atoms with Crippen LogP contribution in [0.15, 0.2) is 65.9 Å². The molecule has 4 aromatic rings. The summed E-state index contributed by atoms with van der Waals surface area (Å²) in [5.41, 5.74) is 3.59. The zero-order valence-electron chi connectivity index (χ0n) is 13.6. The number of nitrogens with zero attached hydrogens (tertiary/aromatic N) is 3. The first-order valence-electron chi connectivity index (χ1n) is 7.88. The molecule has 4 rings (SSSR count). The maximum atomic E-state index is 10.3. The van der Waals surface area contributed by atoms with Gasteiger partial charge in [0.25, 0.3) is 0 Å². The van der Waals surface area contributed by atoms with Gasteiger partial charge in [0.2, 0.25) is 0 Å². The fourth-order valence-corrected chi connectivity index (χ4v) is 2.76. The molecule has 0 aliphatic carbocycles. The lowest BCUT2D eigenvalue weighted by Gasteiger charge is -2.21. The molecule has 126 valence electrons. The van der Waals surface area contributed by atoms with Gasteiger partial charge < -0.3 is 14.6 Å². The highest BCUT2D eigenvalue weighted by Crippen LogP contribution is 2.27. The molecule has 0 saturated carbocycles. The molecule has 0 fully saturated rings. The van der Waals surface area contributed by atoms with Crippen LogP contribution in [0.2, 0.25) is 0 Å². The Morgan fingerprint density at radius 2 is 2.04 bits per heavy atom. The average Bonchev–Trinajstić information content (AvgIpc) is 3.31. The predicted octanol–water partition coefficient (Wildman–Crippen LogP) is 2.86. The first kappa shape index (κ1) is 15.6. The van der Waals surface area contributed by atoms with Crippen molar-refractivity contribution in [2.75, 3.05) is 6.61 Å². The number of furan rings is 1. The van der Waals surface area contributed by atoms with Crippen molar-refractivity contribution in [2.24, 2.45) is 0 Å². The highest BCUT2D eigenvalue weighted by Gasteiger charge is 2.23. The van der Waals surface area contributed by atoms with E-state index >= 15 is 0 Å². The highest BCUT2D eigenvalue weighted by molar-refractivity contribution is 5.69. The molecular formula is C19H17N3O3. The summed E-state index contributed by atoms with van der Waals surface area (Å²) in [6.45, 7) is 1.22. The first-order valence-corrected chi connectivity index (χ1v) is 7.88. The van der Waals surface area contributed by atoms with E-state index in [1.807, 2.05) is 28.7 Å². The van der Waals surface area contributed by atoms with Crippen molar-refractivity contribution >= 4 is 5.65 Å². The Hall–Kier alpha value is -2.96. The molecule has 0 aliphatic heterocycles. The molecule has 1 atom stereocenters. The van der Waals surface area contributed by atoms with Crippen molar-refractivity contribution in [1.82, 2.24) is 14.4 Å². The van der Waals surface area contributed by atoms with E-state index < -0.39 is 5.60 Å². The van der Waals surface area contributed by atoms with E-state index in [4.69, 9.17) is 4.42 Å². The molecule has 4 heterocycles. The number of aromatic nitrogens is 3. The molecule has 0 saturated heterocycles. The predicted molar refractivity (Wildman–Crippen MR) is 92.8 cm³/mol. The Morgan fingerprint density at radius 1 is 1.16 bits per heavy atom. The Kier molecular flexibility index (Phi) is 3.63. The number of hydrogen-bond acceptors (Lipinski definition) is 5.